The van der Waals surface area contributed by atoms with Crippen molar-refractivity contribution in [3.05, 3.63) is 69.3 Å². The second-order valence-electron chi connectivity index (χ2n) is 4.93. The van der Waals surface area contributed by atoms with Crippen LogP contribution in [0.1, 0.15) is 23.1 Å². The summed E-state index contributed by atoms with van der Waals surface area (Å²) in [6, 6.07) is 12.7. The highest BCUT2D eigenvalue weighted by atomic mass is 16.6. The number of hydrogen-bond donors (Lipinski definition) is 1. The Balaban J connectivity index is 1.95. The molecule has 0 saturated heterocycles. The minimum Gasteiger partial charge on any atom is -0.399 e. The summed E-state index contributed by atoms with van der Waals surface area (Å²) in [6.45, 7) is 0. The van der Waals surface area contributed by atoms with E-state index in [0.29, 0.717) is 0 Å². The number of non-ortho nitro benzene ring substituents is 1. The minimum absolute atomic E-state index is 0.123. The number of fused-ring (bicyclic) bond motifs is 1. The molecule has 1 aliphatic rings. The Bertz CT molecular complexity index is 703. The Kier molecular flexibility index (Phi) is 2.99. The van der Waals surface area contributed by atoms with E-state index < -0.39 is 0 Å². The zero-order valence-corrected chi connectivity index (χ0v) is 10.9. The van der Waals surface area contributed by atoms with Crippen molar-refractivity contribution >= 4 is 23.0 Å². The van der Waals surface area contributed by atoms with Crippen LogP contribution < -0.4 is 5.73 Å². The lowest BCUT2D eigenvalue weighted by atomic mass is 9.88. The number of nitrogen functional groups attached to an aromatic ring is 1. The van der Waals surface area contributed by atoms with Gasteiger partial charge in [0.2, 0.25) is 0 Å². The predicted octanol–water partition coefficient (Wildman–Crippen LogP) is 3.66. The normalized spacial score (nSPS) is 13.5. The van der Waals surface area contributed by atoms with Crippen molar-refractivity contribution in [1.29, 1.82) is 0 Å². The Hall–Kier alpha value is -2.62. The molecule has 20 heavy (non-hydrogen) atoms. The van der Waals surface area contributed by atoms with Crippen LogP contribution in [0.4, 0.5) is 11.4 Å². The molecule has 0 heterocycles. The largest absolute Gasteiger partial charge is 0.399 e. The van der Waals surface area contributed by atoms with E-state index in [9.17, 15) is 10.1 Å². The van der Waals surface area contributed by atoms with Gasteiger partial charge < -0.3 is 5.73 Å². The number of rotatable bonds is 2. The second-order valence-corrected chi connectivity index (χ2v) is 4.93. The van der Waals surface area contributed by atoms with Gasteiger partial charge in [0.05, 0.1) is 4.92 Å². The van der Waals surface area contributed by atoms with E-state index in [1.807, 2.05) is 30.3 Å². The molecule has 3 rings (SSSR count). The molecule has 2 aromatic rings. The fraction of sp³-hybridized carbons (Fsp3) is 0.125. The first-order chi connectivity index (χ1) is 9.63. The lowest BCUT2D eigenvalue weighted by Crippen LogP contribution is -2.00. The van der Waals surface area contributed by atoms with Crippen molar-refractivity contribution in [2.75, 3.05) is 5.73 Å². The zero-order valence-electron chi connectivity index (χ0n) is 10.9. The molecule has 2 aromatic carbocycles. The van der Waals surface area contributed by atoms with Gasteiger partial charge >= 0.3 is 0 Å². The SMILES string of the molecule is Nc1ccc2c(c1)CCC(c1ccc([N+](=O)[O-])cc1)=C2. The maximum absolute atomic E-state index is 10.7. The van der Waals surface area contributed by atoms with Crippen LogP contribution in [0.3, 0.4) is 0 Å². The minimum atomic E-state index is -0.378. The lowest BCUT2D eigenvalue weighted by Gasteiger charge is -2.17. The Morgan fingerprint density at radius 2 is 1.80 bits per heavy atom. The number of aryl methyl sites for hydroxylation is 1. The fourth-order valence-electron chi connectivity index (χ4n) is 2.54. The van der Waals surface area contributed by atoms with Gasteiger partial charge in [-0.3, -0.25) is 10.1 Å². The van der Waals surface area contributed by atoms with Crippen molar-refractivity contribution in [2.24, 2.45) is 0 Å². The molecule has 0 aromatic heterocycles. The third kappa shape index (κ3) is 2.28. The highest BCUT2D eigenvalue weighted by Crippen LogP contribution is 2.31. The number of nitro groups is 1. The highest BCUT2D eigenvalue weighted by molar-refractivity contribution is 5.85. The number of nitrogens with two attached hydrogens (primary N) is 1. The molecule has 4 heteroatoms. The molecule has 0 atom stereocenters. The van der Waals surface area contributed by atoms with E-state index in [1.54, 1.807) is 12.1 Å². The molecule has 0 fully saturated rings. The standard InChI is InChI=1S/C16H14N2O2/c17-15-6-3-13-9-12(1-2-14(13)10-15)11-4-7-16(8-5-11)18(19)20/h3-10H,1-2,17H2. The van der Waals surface area contributed by atoms with Gasteiger partial charge in [0, 0.05) is 17.8 Å². The van der Waals surface area contributed by atoms with Gasteiger partial charge in [-0.15, -0.1) is 0 Å². The number of nitro benzene ring substituents is 1. The quantitative estimate of drug-likeness (QED) is 0.512. The average molecular weight is 266 g/mol. The molecule has 4 nitrogen and oxygen atoms in total. The molecule has 0 bridgehead atoms. The summed E-state index contributed by atoms with van der Waals surface area (Å²) in [4.78, 5) is 10.3. The maximum Gasteiger partial charge on any atom is 0.269 e. The lowest BCUT2D eigenvalue weighted by molar-refractivity contribution is -0.384. The monoisotopic (exact) mass is 266 g/mol. The van der Waals surface area contributed by atoms with Crippen LogP contribution in [0, 0.1) is 10.1 Å². The number of allylic oxidation sites excluding steroid dienone is 1. The first-order valence-electron chi connectivity index (χ1n) is 6.47. The van der Waals surface area contributed by atoms with E-state index >= 15 is 0 Å². The summed E-state index contributed by atoms with van der Waals surface area (Å²) in [5.74, 6) is 0. The molecule has 0 radical (unpaired) electrons. The molecule has 2 N–H and O–H groups in total. The number of anilines is 1. The van der Waals surface area contributed by atoms with Crippen molar-refractivity contribution in [3.63, 3.8) is 0 Å². The number of benzene rings is 2. The van der Waals surface area contributed by atoms with Crippen molar-refractivity contribution in [3.8, 4) is 0 Å². The molecule has 0 amide bonds. The highest BCUT2D eigenvalue weighted by Gasteiger charge is 2.13. The van der Waals surface area contributed by atoms with Gasteiger partial charge in [-0.25, -0.2) is 0 Å². The Morgan fingerprint density at radius 1 is 1.05 bits per heavy atom. The van der Waals surface area contributed by atoms with Crippen molar-refractivity contribution in [2.45, 2.75) is 12.8 Å². The summed E-state index contributed by atoms with van der Waals surface area (Å²) >= 11 is 0. The maximum atomic E-state index is 10.7. The van der Waals surface area contributed by atoms with Crippen LogP contribution >= 0.6 is 0 Å². The van der Waals surface area contributed by atoms with E-state index in [2.05, 4.69) is 6.08 Å². The van der Waals surface area contributed by atoms with E-state index in [0.717, 1.165) is 24.1 Å². The van der Waals surface area contributed by atoms with Gasteiger partial charge in [0.15, 0.2) is 0 Å². The smallest absolute Gasteiger partial charge is 0.269 e. The third-order valence-electron chi connectivity index (χ3n) is 3.61. The molecule has 0 saturated carbocycles. The molecule has 1 aliphatic carbocycles. The molecule has 100 valence electrons. The first kappa shape index (κ1) is 12.4. The molecular weight excluding hydrogens is 252 g/mol. The number of hydrogen-bond acceptors (Lipinski definition) is 3. The predicted molar refractivity (Wildman–Crippen MR) is 80.1 cm³/mol. The average Bonchev–Trinajstić information content (AvgIpc) is 2.47. The Labute approximate surface area is 116 Å². The van der Waals surface area contributed by atoms with Gasteiger partial charge in [0.1, 0.15) is 0 Å². The molecule has 0 spiro atoms. The van der Waals surface area contributed by atoms with Gasteiger partial charge in [-0.1, -0.05) is 12.1 Å². The summed E-state index contributed by atoms with van der Waals surface area (Å²) in [7, 11) is 0. The van der Waals surface area contributed by atoms with E-state index in [4.69, 9.17) is 5.73 Å². The van der Waals surface area contributed by atoms with Crippen LogP contribution in [-0.4, -0.2) is 4.92 Å². The third-order valence-corrected chi connectivity index (χ3v) is 3.61. The summed E-state index contributed by atoms with van der Waals surface area (Å²) < 4.78 is 0. The van der Waals surface area contributed by atoms with Crippen molar-refractivity contribution in [1.82, 2.24) is 0 Å². The van der Waals surface area contributed by atoms with E-state index in [1.165, 1.54) is 16.7 Å². The zero-order chi connectivity index (χ0) is 14.1. The van der Waals surface area contributed by atoms with Crippen LogP contribution in [0.5, 0.6) is 0 Å². The summed E-state index contributed by atoms with van der Waals surface area (Å²) in [6.07, 6.45) is 4.01. The molecule has 0 aliphatic heterocycles. The summed E-state index contributed by atoms with van der Waals surface area (Å²) in [5, 5.41) is 10.7. The number of nitrogens with zero attached hydrogens (tertiary/aromatic N) is 1. The van der Waals surface area contributed by atoms with Crippen LogP contribution in [0.15, 0.2) is 42.5 Å². The van der Waals surface area contributed by atoms with E-state index in [-0.39, 0.29) is 10.6 Å². The fourth-order valence-corrected chi connectivity index (χ4v) is 2.54. The molecular formula is C16H14N2O2. The Morgan fingerprint density at radius 3 is 2.50 bits per heavy atom. The summed E-state index contributed by atoms with van der Waals surface area (Å²) in [5.41, 5.74) is 11.4. The molecule has 0 unspecified atom stereocenters. The first-order valence-corrected chi connectivity index (χ1v) is 6.47. The van der Waals surface area contributed by atoms with Crippen LogP contribution in [0.2, 0.25) is 0 Å². The van der Waals surface area contributed by atoms with Crippen LogP contribution in [0.25, 0.3) is 11.6 Å². The topological polar surface area (TPSA) is 69.2 Å². The van der Waals surface area contributed by atoms with Crippen LogP contribution in [-0.2, 0) is 6.42 Å². The van der Waals surface area contributed by atoms with Gasteiger partial charge in [-0.05, 0) is 59.4 Å². The van der Waals surface area contributed by atoms with Gasteiger partial charge in [-0.2, -0.15) is 0 Å². The van der Waals surface area contributed by atoms with Crippen molar-refractivity contribution < 1.29 is 4.92 Å². The second kappa shape index (κ2) is 4.81. The van der Waals surface area contributed by atoms with Gasteiger partial charge in [0.25, 0.3) is 5.69 Å².